The maximum absolute atomic E-state index is 9.92. The summed E-state index contributed by atoms with van der Waals surface area (Å²) < 4.78 is 7.44. The maximum Gasteiger partial charge on any atom is 0.155 e. The van der Waals surface area contributed by atoms with E-state index >= 15 is 0 Å². The molecule has 4 heterocycles. The van der Waals surface area contributed by atoms with E-state index in [1.54, 1.807) is 18.0 Å². The lowest BCUT2D eigenvalue weighted by atomic mass is 10.0. The predicted molar refractivity (Wildman–Crippen MR) is 118 cm³/mol. The van der Waals surface area contributed by atoms with Gasteiger partial charge in [0.1, 0.15) is 17.1 Å². The van der Waals surface area contributed by atoms with Crippen molar-refractivity contribution in [1.82, 2.24) is 24.7 Å². The van der Waals surface area contributed by atoms with Crippen LogP contribution < -0.4 is 9.64 Å². The average Bonchev–Trinajstić information content (AvgIpc) is 3.42. The lowest BCUT2D eigenvalue weighted by Crippen LogP contribution is -2.22. The summed E-state index contributed by atoms with van der Waals surface area (Å²) in [5.41, 5.74) is 3.91. The quantitative estimate of drug-likeness (QED) is 0.535. The molecule has 1 fully saturated rings. The first-order chi connectivity index (χ1) is 15.1. The van der Waals surface area contributed by atoms with Crippen LogP contribution >= 0.6 is 0 Å². The Morgan fingerprint density at radius 1 is 1.16 bits per heavy atom. The Kier molecular flexibility index (Phi) is 4.99. The Bertz CT molecular complexity index is 1240. The summed E-state index contributed by atoms with van der Waals surface area (Å²) >= 11 is 0. The number of aliphatic hydroxyl groups excluding tert-OH is 1. The van der Waals surface area contributed by atoms with E-state index in [2.05, 4.69) is 32.1 Å². The van der Waals surface area contributed by atoms with Crippen LogP contribution in [0.25, 0.3) is 22.0 Å². The van der Waals surface area contributed by atoms with Crippen LogP contribution in [0.5, 0.6) is 5.75 Å². The molecule has 4 aromatic rings. The molecule has 3 aromatic heterocycles. The molecule has 0 bridgehead atoms. The first-order valence-corrected chi connectivity index (χ1v) is 10.3. The lowest BCUT2D eigenvalue weighted by Gasteiger charge is -2.18. The SMILES string of the molecule is COc1cc(-c2cnn(C)c2)ccc1Cc1ncc2ccnc(N3CCC(O)C3)c2n1. The zero-order chi connectivity index (χ0) is 21.4. The normalized spacial score (nSPS) is 16.2. The molecule has 1 saturated heterocycles. The smallest absolute Gasteiger partial charge is 0.155 e. The number of hydrogen-bond donors (Lipinski definition) is 1. The fourth-order valence-corrected chi connectivity index (χ4v) is 4.04. The molecule has 0 radical (unpaired) electrons. The average molecular weight is 416 g/mol. The Hall–Kier alpha value is -3.52. The van der Waals surface area contributed by atoms with Crippen molar-refractivity contribution in [3.8, 4) is 16.9 Å². The van der Waals surface area contributed by atoms with Crippen molar-refractivity contribution in [1.29, 1.82) is 0 Å². The van der Waals surface area contributed by atoms with Crippen molar-refractivity contribution in [2.45, 2.75) is 18.9 Å². The van der Waals surface area contributed by atoms with Crippen LogP contribution in [0.2, 0.25) is 0 Å². The zero-order valence-corrected chi connectivity index (χ0v) is 17.6. The highest BCUT2D eigenvalue weighted by atomic mass is 16.5. The van der Waals surface area contributed by atoms with Crippen LogP contribution in [-0.2, 0) is 13.5 Å². The monoisotopic (exact) mass is 416 g/mol. The maximum atomic E-state index is 9.92. The van der Waals surface area contributed by atoms with E-state index in [9.17, 15) is 5.11 Å². The van der Waals surface area contributed by atoms with Gasteiger partial charge >= 0.3 is 0 Å². The third-order valence-corrected chi connectivity index (χ3v) is 5.67. The molecule has 158 valence electrons. The van der Waals surface area contributed by atoms with Gasteiger partial charge < -0.3 is 14.7 Å². The van der Waals surface area contributed by atoms with E-state index in [-0.39, 0.29) is 6.10 Å². The first-order valence-electron chi connectivity index (χ1n) is 10.3. The number of ether oxygens (including phenoxy) is 1. The number of β-amino-alcohol motifs (C(OH)–C–C–N with tert-alkyl or cyclic N) is 1. The second-order valence-corrected chi connectivity index (χ2v) is 7.85. The minimum Gasteiger partial charge on any atom is -0.496 e. The third-order valence-electron chi connectivity index (χ3n) is 5.67. The van der Waals surface area contributed by atoms with E-state index in [0.717, 1.165) is 52.1 Å². The number of benzene rings is 1. The number of aromatic nitrogens is 5. The molecule has 1 unspecified atom stereocenters. The number of anilines is 1. The van der Waals surface area contributed by atoms with Gasteiger partial charge in [0.2, 0.25) is 0 Å². The number of hydrogen-bond acceptors (Lipinski definition) is 7. The van der Waals surface area contributed by atoms with Gasteiger partial charge in [0.15, 0.2) is 5.82 Å². The van der Waals surface area contributed by atoms with Crippen molar-refractivity contribution in [2.75, 3.05) is 25.1 Å². The topological polar surface area (TPSA) is 89.2 Å². The zero-order valence-electron chi connectivity index (χ0n) is 17.6. The van der Waals surface area contributed by atoms with Crippen LogP contribution in [-0.4, -0.2) is 56.1 Å². The molecule has 0 saturated carbocycles. The summed E-state index contributed by atoms with van der Waals surface area (Å²) in [4.78, 5) is 16.0. The first kappa shape index (κ1) is 19.4. The van der Waals surface area contributed by atoms with Crippen molar-refractivity contribution < 1.29 is 9.84 Å². The van der Waals surface area contributed by atoms with Gasteiger partial charge in [-0.2, -0.15) is 5.10 Å². The molecule has 8 nitrogen and oxygen atoms in total. The fourth-order valence-electron chi connectivity index (χ4n) is 4.04. The number of rotatable bonds is 5. The minimum atomic E-state index is -0.319. The molecule has 1 atom stereocenters. The highest BCUT2D eigenvalue weighted by Crippen LogP contribution is 2.29. The van der Waals surface area contributed by atoms with Crippen LogP contribution in [0.3, 0.4) is 0 Å². The van der Waals surface area contributed by atoms with Gasteiger partial charge in [-0.1, -0.05) is 12.1 Å². The lowest BCUT2D eigenvalue weighted by molar-refractivity contribution is 0.198. The van der Waals surface area contributed by atoms with Crippen molar-refractivity contribution in [3.05, 3.63) is 60.4 Å². The van der Waals surface area contributed by atoms with E-state index < -0.39 is 0 Å². The summed E-state index contributed by atoms with van der Waals surface area (Å²) in [6.45, 7) is 1.35. The summed E-state index contributed by atoms with van der Waals surface area (Å²) in [5.74, 6) is 2.30. The molecule has 1 aliphatic heterocycles. The Labute approximate surface area is 180 Å². The molecule has 1 aliphatic rings. The van der Waals surface area contributed by atoms with Gasteiger partial charge in [-0.15, -0.1) is 0 Å². The number of aliphatic hydroxyl groups is 1. The number of pyridine rings is 1. The molecular weight excluding hydrogens is 392 g/mol. The van der Waals surface area contributed by atoms with E-state index in [1.165, 1.54) is 0 Å². The summed E-state index contributed by atoms with van der Waals surface area (Å²) in [6, 6.07) is 8.05. The van der Waals surface area contributed by atoms with E-state index in [0.29, 0.717) is 18.8 Å². The Morgan fingerprint density at radius 3 is 2.81 bits per heavy atom. The fraction of sp³-hybridized carbons (Fsp3) is 0.304. The number of nitrogens with zero attached hydrogens (tertiary/aromatic N) is 6. The van der Waals surface area contributed by atoms with Crippen LogP contribution in [0.4, 0.5) is 5.82 Å². The minimum absolute atomic E-state index is 0.319. The van der Waals surface area contributed by atoms with E-state index in [4.69, 9.17) is 9.72 Å². The highest BCUT2D eigenvalue weighted by molar-refractivity contribution is 5.88. The van der Waals surface area contributed by atoms with Gasteiger partial charge in [-0.25, -0.2) is 15.0 Å². The van der Waals surface area contributed by atoms with Crippen LogP contribution in [0.1, 0.15) is 17.8 Å². The standard InChI is InChI=1S/C23H24N6O2/c1-28-13-18(12-26-28)15-3-4-16(20(9-15)31-2)10-21-25-11-17-5-7-24-23(22(17)27-21)29-8-6-19(30)14-29/h3-5,7,9,11-13,19,30H,6,8,10,14H2,1-2H3. The highest BCUT2D eigenvalue weighted by Gasteiger charge is 2.23. The molecule has 1 N–H and O–H groups in total. The number of fused-ring (bicyclic) bond motifs is 1. The molecule has 0 amide bonds. The number of aryl methyl sites for hydroxylation is 1. The van der Waals surface area contributed by atoms with Crippen LogP contribution in [0, 0.1) is 0 Å². The molecular formula is C23H24N6O2. The Morgan fingerprint density at radius 2 is 2.06 bits per heavy atom. The second-order valence-electron chi connectivity index (χ2n) is 7.85. The summed E-state index contributed by atoms with van der Waals surface area (Å²) in [7, 11) is 3.58. The second kappa shape index (κ2) is 7.96. The molecule has 8 heteroatoms. The van der Waals surface area contributed by atoms with Gasteiger partial charge in [0, 0.05) is 61.7 Å². The van der Waals surface area contributed by atoms with Gasteiger partial charge in [0.05, 0.1) is 19.4 Å². The predicted octanol–water partition coefficient (Wildman–Crippen LogP) is 2.60. The van der Waals surface area contributed by atoms with Gasteiger partial charge in [-0.05, 0) is 24.1 Å². The van der Waals surface area contributed by atoms with Gasteiger partial charge in [0.25, 0.3) is 0 Å². The van der Waals surface area contributed by atoms with Crippen LogP contribution in [0.15, 0.2) is 49.1 Å². The van der Waals surface area contributed by atoms with Gasteiger partial charge in [-0.3, -0.25) is 4.68 Å². The molecule has 31 heavy (non-hydrogen) atoms. The van der Waals surface area contributed by atoms with E-state index in [1.807, 2.05) is 37.8 Å². The van der Waals surface area contributed by atoms with Crippen molar-refractivity contribution in [3.63, 3.8) is 0 Å². The summed E-state index contributed by atoms with van der Waals surface area (Å²) in [6.07, 6.45) is 8.40. The Balaban J connectivity index is 1.47. The third kappa shape index (κ3) is 3.82. The molecule has 5 rings (SSSR count). The number of methoxy groups -OCH3 is 1. The molecule has 1 aromatic carbocycles. The summed E-state index contributed by atoms with van der Waals surface area (Å²) in [5, 5.41) is 15.1. The molecule has 0 spiro atoms. The largest absolute Gasteiger partial charge is 0.496 e. The van der Waals surface area contributed by atoms with Crippen molar-refractivity contribution >= 4 is 16.7 Å². The molecule has 0 aliphatic carbocycles. The van der Waals surface area contributed by atoms with Crippen molar-refractivity contribution in [2.24, 2.45) is 7.05 Å².